The quantitative estimate of drug-likeness (QED) is 0.688. The molecular formula is C13H12ClN5O2. The number of carbonyl (C=O) groups is 1. The Balaban J connectivity index is 1.75. The molecule has 108 valence electrons. The second-order valence-electron chi connectivity index (χ2n) is 4.40. The number of carbonyl (C=O) groups excluding carboxylic acids is 1. The molecule has 3 N–H and O–H groups in total. The molecule has 0 spiro atoms. The van der Waals surface area contributed by atoms with Crippen molar-refractivity contribution in [2.24, 2.45) is 0 Å². The molecule has 0 aliphatic carbocycles. The molecule has 0 radical (unpaired) electrons. The molecule has 0 bridgehead atoms. The van der Waals surface area contributed by atoms with Gasteiger partial charge in [-0.3, -0.25) is 10.1 Å². The topological polar surface area (TPSA) is 95.7 Å². The van der Waals surface area contributed by atoms with Crippen LogP contribution in [-0.4, -0.2) is 33.2 Å². The summed E-state index contributed by atoms with van der Waals surface area (Å²) in [5, 5.41) is 10.5. The highest BCUT2D eigenvalue weighted by atomic mass is 35.5. The predicted molar refractivity (Wildman–Crippen MR) is 78.6 cm³/mol. The summed E-state index contributed by atoms with van der Waals surface area (Å²) in [4.78, 5) is 19.0. The zero-order valence-electron chi connectivity index (χ0n) is 11.1. The highest BCUT2D eigenvalue weighted by Crippen LogP contribution is 2.22. The van der Waals surface area contributed by atoms with Gasteiger partial charge in [-0.05, 0) is 23.8 Å². The van der Waals surface area contributed by atoms with Crippen LogP contribution < -0.4 is 10.1 Å². The average Bonchev–Trinajstić information content (AvgIpc) is 3.06. The van der Waals surface area contributed by atoms with E-state index in [-0.39, 0.29) is 24.3 Å². The fourth-order valence-corrected chi connectivity index (χ4v) is 2.21. The molecule has 3 aromatic rings. The molecule has 1 amide bonds. The van der Waals surface area contributed by atoms with E-state index in [0.717, 1.165) is 16.5 Å². The summed E-state index contributed by atoms with van der Waals surface area (Å²) in [6.07, 6.45) is 1.99. The van der Waals surface area contributed by atoms with Gasteiger partial charge < -0.3 is 9.72 Å². The van der Waals surface area contributed by atoms with Gasteiger partial charge in [0, 0.05) is 22.1 Å². The van der Waals surface area contributed by atoms with Crippen molar-refractivity contribution in [1.82, 2.24) is 20.2 Å². The van der Waals surface area contributed by atoms with Gasteiger partial charge in [-0.2, -0.15) is 4.98 Å². The van der Waals surface area contributed by atoms with Crippen molar-refractivity contribution >= 4 is 34.4 Å². The van der Waals surface area contributed by atoms with E-state index in [0.29, 0.717) is 5.02 Å². The molecule has 0 fully saturated rings. The third-order valence-corrected chi connectivity index (χ3v) is 3.22. The molecule has 2 heterocycles. The number of nitrogens with one attached hydrogen (secondary N) is 3. The average molecular weight is 306 g/mol. The molecule has 3 rings (SSSR count). The van der Waals surface area contributed by atoms with Crippen LogP contribution in [0.25, 0.3) is 10.9 Å². The lowest BCUT2D eigenvalue weighted by Crippen LogP contribution is -2.15. The molecule has 0 saturated carbocycles. The second-order valence-corrected chi connectivity index (χ2v) is 4.84. The second kappa shape index (κ2) is 5.45. The number of fused-ring (bicyclic) bond motifs is 1. The number of hydrogen-bond donors (Lipinski definition) is 3. The molecular weight excluding hydrogens is 294 g/mol. The van der Waals surface area contributed by atoms with Gasteiger partial charge in [-0.15, -0.1) is 5.10 Å². The maximum absolute atomic E-state index is 12.0. The molecule has 7 nitrogen and oxygen atoms in total. The maximum Gasteiger partial charge on any atom is 0.336 e. The summed E-state index contributed by atoms with van der Waals surface area (Å²) in [5.41, 5.74) is 1.79. The van der Waals surface area contributed by atoms with Gasteiger partial charge in [-0.25, -0.2) is 5.10 Å². The number of amides is 1. The minimum Gasteiger partial charge on any atom is -0.466 e. The number of rotatable bonds is 4. The van der Waals surface area contributed by atoms with Gasteiger partial charge in [0.1, 0.15) is 0 Å². The summed E-state index contributed by atoms with van der Waals surface area (Å²) in [7, 11) is 1.45. The van der Waals surface area contributed by atoms with Crippen molar-refractivity contribution < 1.29 is 9.53 Å². The van der Waals surface area contributed by atoms with Crippen LogP contribution in [-0.2, 0) is 11.2 Å². The number of ether oxygens (including phenoxy) is 1. The zero-order valence-corrected chi connectivity index (χ0v) is 11.9. The van der Waals surface area contributed by atoms with E-state index in [1.54, 1.807) is 12.3 Å². The lowest BCUT2D eigenvalue weighted by molar-refractivity contribution is -0.115. The predicted octanol–water partition coefficient (Wildman–Crippen LogP) is 2.13. The van der Waals surface area contributed by atoms with Crippen LogP contribution in [0.15, 0.2) is 24.4 Å². The molecule has 0 aliphatic rings. The first-order chi connectivity index (χ1) is 10.2. The van der Waals surface area contributed by atoms with Gasteiger partial charge in [0.05, 0.1) is 13.5 Å². The smallest absolute Gasteiger partial charge is 0.336 e. The van der Waals surface area contributed by atoms with E-state index in [4.69, 9.17) is 16.3 Å². The fourth-order valence-electron chi connectivity index (χ4n) is 2.04. The van der Waals surface area contributed by atoms with Crippen LogP contribution in [0.3, 0.4) is 0 Å². The molecule has 8 heteroatoms. The van der Waals surface area contributed by atoms with Gasteiger partial charge in [0.2, 0.25) is 11.9 Å². The number of benzene rings is 1. The Labute approximate surface area is 124 Å². The minimum absolute atomic E-state index is 0.171. The number of aromatic nitrogens is 4. The van der Waals surface area contributed by atoms with Crippen LogP contribution in [0.5, 0.6) is 6.01 Å². The standard InChI is InChI=1S/C13H12ClN5O2/c1-21-13-17-12(18-19-13)16-11(20)4-7-6-15-10-3-2-8(14)5-9(7)10/h2-3,5-6,15H,4H2,1H3,(H2,16,17,18,19,20). The van der Waals surface area contributed by atoms with Crippen LogP contribution in [0.1, 0.15) is 5.56 Å². The lowest BCUT2D eigenvalue weighted by atomic mass is 10.1. The molecule has 2 aromatic heterocycles. The number of methoxy groups -OCH3 is 1. The normalized spacial score (nSPS) is 10.8. The van der Waals surface area contributed by atoms with Crippen LogP contribution in [0, 0.1) is 0 Å². The fraction of sp³-hybridized carbons (Fsp3) is 0.154. The summed E-state index contributed by atoms with van der Waals surface area (Å²) in [6, 6.07) is 5.67. The Morgan fingerprint density at radius 2 is 2.33 bits per heavy atom. The Bertz CT molecular complexity index is 795. The molecule has 0 saturated heterocycles. The SMILES string of the molecule is COc1n[nH]c(NC(=O)Cc2c[nH]c3ccc(Cl)cc23)n1. The monoisotopic (exact) mass is 305 g/mol. The maximum atomic E-state index is 12.0. The van der Waals surface area contributed by atoms with Gasteiger partial charge >= 0.3 is 6.01 Å². The zero-order chi connectivity index (χ0) is 14.8. The summed E-state index contributed by atoms with van der Waals surface area (Å²) in [6.45, 7) is 0. The Kier molecular flexibility index (Phi) is 3.49. The van der Waals surface area contributed by atoms with Crippen molar-refractivity contribution in [2.45, 2.75) is 6.42 Å². The third kappa shape index (κ3) is 2.82. The first kappa shape index (κ1) is 13.4. The summed E-state index contributed by atoms with van der Waals surface area (Å²) >= 11 is 5.98. The van der Waals surface area contributed by atoms with Crippen molar-refractivity contribution in [2.75, 3.05) is 12.4 Å². The van der Waals surface area contributed by atoms with Crippen molar-refractivity contribution in [1.29, 1.82) is 0 Å². The van der Waals surface area contributed by atoms with Crippen molar-refractivity contribution in [3.05, 3.63) is 35.0 Å². The van der Waals surface area contributed by atoms with Crippen molar-refractivity contribution in [3.63, 3.8) is 0 Å². The van der Waals surface area contributed by atoms with E-state index in [1.807, 2.05) is 12.1 Å². The van der Waals surface area contributed by atoms with Crippen LogP contribution in [0.2, 0.25) is 5.02 Å². The van der Waals surface area contributed by atoms with E-state index in [9.17, 15) is 4.79 Å². The van der Waals surface area contributed by atoms with Crippen LogP contribution >= 0.6 is 11.6 Å². The number of nitrogens with zero attached hydrogens (tertiary/aromatic N) is 2. The Morgan fingerprint density at radius 3 is 3.10 bits per heavy atom. The molecule has 0 atom stereocenters. The first-order valence-electron chi connectivity index (χ1n) is 6.17. The summed E-state index contributed by atoms with van der Waals surface area (Å²) in [5.74, 6) is 0.0319. The largest absolute Gasteiger partial charge is 0.466 e. The molecule has 1 aromatic carbocycles. The minimum atomic E-state index is -0.213. The molecule has 0 unspecified atom stereocenters. The lowest BCUT2D eigenvalue weighted by Gasteiger charge is -2.01. The van der Waals surface area contributed by atoms with E-state index < -0.39 is 0 Å². The number of H-pyrrole nitrogens is 2. The van der Waals surface area contributed by atoms with Gasteiger partial charge in [0.15, 0.2) is 0 Å². The summed E-state index contributed by atoms with van der Waals surface area (Å²) < 4.78 is 4.83. The van der Waals surface area contributed by atoms with E-state index >= 15 is 0 Å². The highest BCUT2D eigenvalue weighted by Gasteiger charge is 2.11. The van der Waals surface area contributed by atoms with E-state index in [2.05, 4.69) is 25.5 Å². The number of hydrogen-bond acceptors (Lipinski definition) is 4. The van der Waals surface area contributed by atoms with Crippen molar-refractivity contribution in [3.8, 4) is 6.01 Å². The number of aromatic amines is 2. The van der Waals surface area contributed by atoms with E-state index in [1.165, 1.54) is 7.11 Å². The number of halogens is 1. The van der Waals surface area contributed by atoms with Gasteiger partial charge in [-0.1, -0.05) is 11.6 Å². The number of anilines is 1. The van der Waals surface area contributed by atoms with Gasteiger partial charge in [0.25, 0.3) is 0 Å². The third-order valence-electron chi connectivity index (χ3n) is 2.99. The first-order valence-corrected chi connectivity index (χ1v) is 6.55. The Hall–Kier alpha value is -2.54. The molecule has 21 heavy (non-hydrogen) atoms. The van der Waals surface area contributed by atoms with Crippen LogP contribution in [0.4, 0.5) is 5.95 Å². The Morgan fingerprint density at radius 1 is 1.48 bits per heavy atom. The highest BCUT2D eigenvalue weighted by molar-refractivity contribution is 6.31. The molecule has 0 aliphatic heterocycles.